The molecule has 0 amide bonds. The molecule has 2 rings (SSSR count). The van der Waals surface area contributed by atoms with Gasteiger partial charge in [-0.3, -0.25) is 0 Å². The Bertz CT molecular complexity index is 543. The van der Waals surface area contributed by atoms with Crippen molar-refractivity contribution in [3.05, 3.63) is 51.5 Å². The molecule has 0 aliphatic heterocycles. The number of halogens is 4. The van der Waals surface area contributed by atoms with E-state index in [1.54, 1.807) is 24.3 Å². The van der Waals surface area contributed by atoms with Crippen LogP contribution in [0, 0.1) is 5.95 Å². The van der Waals surface area contributed by atoms with Gasteiger partial charge in [0.15, 0.2) is 0 Å². The largest absolute Gasteiger partial charge is 0.232 e. The maximum atomic E-state index is 13.2. The van der Waals surface area contributed by atoms with Crippen LogP contribution in [0.1, 0.15) is 0 Å². The third-order valence-corrected chi connectivity index (χ3v) is 2.98. The highest BCUT2D eigenvalue weighted by molar-refractivity contribution is 6.38. The van der Waals surface area contributed by atoms with Gasteiger partial charge in [-0.2, -0.15) is 4.39 Å². The number of rotatable bonds is 1. The van der Waals surface area contributed by atoms with Crippen LogP contribution in [0.2, 0.25) is 15.1 Å². The van der Waals surface area contributed by atoms with Crippen LogP contribution in [0.3, 0.4) is 0 Å². The van der Waals surface area contributed by atoms with Gasteiger partial charge in [-0.1, -0.05) is 40.9 Å². The Morgan fingerprint density at radius 2 is 1.75 bits per heavy atom. The summed E-state index contributed by atoms with van der Waals surface area (Å²) in [4.78, 5) is 3.44. The van der Waals surface area contributed by atoms with Gasteiger partial charge in [0.2, 0.25) is 5.95 Å². The molecule has 0 unspecified atom stereocenters. The van der Waals surface area contributed by atoms with E-state index in [1.165, 1.54) is 6.20 Å². The smallest absolute Gasteiger partial charge is 0.227 e. The summed E-state index contributed by atoms with van der Waals surface area (Å²) in [7, 11) is 0. The molecule has 1 heterocycles. The number of benzene rings is 1. The lowest BCUT2D eigenvalue weighted by molar-refractivity contribution is 0.585. The van der Waals surface area contributed by atoms with E-state index in [9.17, 15) is 4.39 Å². The molecule has 0 N–H and O–H groups in total. The average molecular weight is 277 g/mol. The number of nitrogens with zero attached hydrogens (tertiary/aromatic N) is 1. The number of aromatic nitrogens is 1. The topological polar surface area (TPSA) is 12.9 Å². The summed E-state index contributed by atoms with van der Waals surface area (Å²) in [6.45, 7) is 0. The second kappa shape index (κ2) is 4.58. The predicted octanol–water partition coefficient (Wildman–Crippen LogP) is 4.85. The summed E-state index contributed by atoms with van der Waals surface area (Å²) >= 11 is 17.6. The van der Waals surface area contributed by atoms with Gasteiger partial charge in [0.25, 0.3) is 0 Å². The van der Waals surface area contributed by atoms with Crippen molar-refractivity contribution < 1.29 is 4.39 Å². The number of pyridine rings is 1. The van der Waals surface area contributed by atoms with E-state index < -0.39 is 5.95 Å². The molecule has 0 atom stereocenters. The van der Waals surface area contributed by atoms with Crippen LogP contribution >= 0.6 is 34.8 Å². The molecule has 0 aliphatic rings. The van der Waals surface area contributed by atoms with E-state index in [0.717, 1.165) is 0 Å². The van der Waals surface area contributed by atoms with Gasteiger partial charge >= 0.3 is 0 Å². The van der Waals surface area contributed by atoms with E-state index >= 15 is 0 Å². The van der Waals surface area contributed by atoms with Crippen LogP contribution in [0.25, 0.3) is 11.1 Å². The highest BCUT2D eigenvalue weighted by atomic mass is 35.5. The monoisotopic (exact) mass is 275 g/mol. The second-order valence-corrected chi connectivity index (χ2v) is 4.31. The zero-order valence-corrected chi connectivity index (χ0v) is 10.1. The van der Waals surface area contributed by atoms with Crippen molar-refractivity contribution >= 4 is 34.8 Å². The minimum Gasteiger partial charge on any atom is -0.227 e. The van der Waals surface area contributed by atoms with Crippen LogP contribution in [-0.2, 0) is 0 Å². The van der Waals surface area contributed by atoms with Crippen LogP contribution in [0.5, 0.6) is 0 Å². The molecule has 1 nitrogen and oxygen atoms in total. The van der Waals surface area contributed by atoms with Crippen LogP contribution < -0.4 is 0 Å². The molecule has 0 saturated heterocycles. The van der Waals surface area contributed by atoms with E-state index in [1.807, 2.05) is 0 Å². The fraction of sp³-hybridized carbons (Fsp3) is 0. The fourth-order valence-corrected chi connectivity index (χ4v) is 2.06. The molecule has 16 heavy (non-hydrogen) atoms. The van der Waals surface area contributed by atoms with E-state index in [0.29, 0.717) is 21.2 Å². The Morgan fingerprint density at radius 1 is 1.00 bits per heavy atom. The fourth-order valence-electron chi connectivity index (χ4n) is 1.33. The lowest BCUT2D eigenvalue weighted by Crippen LogP contribution is -1.88. The Labute approximate surface area is 107 Å². The highest BCUT2D eigenvalue weighted by Crippen LogP contribution is 2.35. The quantitative estimate of drug-likeness (QED) is 0.679. The SMILES string of the molecule is Fc1nccc(-c2ccc(Cl)cc2Cl)c1Cl. The van der Waals surface area contributed by atoms with Crippen molar-refractivity contribution in [3.63, 3.8) is 0 Å². The molecule has 2 aromatic rings. The molecule has 0 aliphatic carbocycles. The highest BCUT2D eigenvalue weighted by Gasteiger charge is 2.11. The van der Waals surface area contributed by atoms with Gasteiger partial charge < -0.3 is 0 Å². The van der Waals surface area contributed by atoms with E-state index in [-0.39, 0.29) is 5.02 Å². The van der Waals surface area contributed by atoms with Crippen molar-refractivity contribution in [2.24, 2.45) is 0 Å². The van der Waals surface area contributed by atoms with Crippen molar-refractivity contribution in [2.45, 2.75) is 0 Å². The van der Waals surface area contributed by atoms with Gasteiger partial charge in [0.1, 0.15) is 5.02 Å². The maximum absolute atomic E-state index is 13.2. The summed E-state index contributed by atoms with van der Waals surface area (Å²) in [6, 6.07) is 6.52. The second-order valence-electron chi connectivity index (χ2n) is 3.09. The predicted molar refractivity (Wildman–Crippen MR) is 64.7 cm³/mol. The third-order valence-electron chi connectivity index (χ3n) is 2.07. The van der Waals surface area contributed by atoms with Gasteiger partial charge in [0.05, 0.1) is 0 Å². The molecule has 0 bridgehead atoms. The lowest BCUT2D eigenvalue weighted by Gasteiger charge is -2.07. The van der Waals surface area contributed by atoms with Gasteiger partial charge in [-0.05, 0) is 18.2 Å². The Hall–Kier alpha value is -0.830. The standard InChI is InChI=1S/C11H5Cl3FN/c12-6-1-2-7(9(13)5-6)8-3-4-16-11(15)10(8)14/h1-5H. The zero-order valence-electron chi connectivity index (χ0n) is 7.85. The molecule has 1 aromatic heterocycles. The Balaban J connectivity index is 2.63. The van der Waals surface area contributed by atoms with E-state index in [2.05, 4.69) is 4.98 Å². The minimum atomic E-state index is -0.717. The number of hydrogen-bond acceptors (Lipinski definition) is 1. The van der Waals surface area contributed by atoms with Crippen molar-refractivity contribution in [1.82, 2.24) is 4.98 Å². The number of hydrogen-bond donors (Lipinski definition) is 0. The Morgan fingerprint density at radius 3 is 2.44 bits per heavy atom. The van der Waals surface area contributed by atoms with Crippen LogP contribution in [-0.4, -0.2) is 4.98 Å². The first kappa shape index (κ1) is 11.6. The molecule has 82 valence electrons. The lowest BCUT2D eigenvalue weighted by atomic mass is 10.1. The molecule has 0 fully saturated rings. The van der Waals surface area contributed by atoms with Gasteiger partial charge in [-0.15, -0.1) is 0 Å². The summed E-state index contributed by atoms with van der Waals surface area (Å²) in [5.41, 5.74) is 1.12. The molecule has 5 heteroatoms. The van der Waals surface area contributed by atoms with Gasteiger partial charge in [-0.25, -0.2) is 4.98 Å². The molecule has 0 radical (unpaired) electrons. The average Bonchev–Trinajstić information content (AvgIpc) is 2.23. The first-order valence-electron chi connectivity index (χ1n) is 4.35. The molecule has 0 spiro atoms. The van der Waals surface area contributed by atoms with Crippen molar-refractivity contribution in [1.29, 1.82) is 0 Å². The Kier molecular flexibility index (Phi) is 3.33. The summed E-state index contributed by atoms with van der Waals surface area (Å²) < 4.78 is 13.2. The van der Waals surface area contributed by atoms with Crippen LogP contribution in [0.4, 0.5) is 4.39 Å². The molecule has 1 aromatic carbocycles. The normalized spacial score (nSPS) is 10.5. The summed E-state index contributed by atoms with van der Waals surface area (Å²) in [5, 5.41) is 0.881. The summed E-state index contributed by atoms with van der Waals surface area (Å²) in [5.74, 6) is -0.717. The maximum Gasteiger partial charge on any atom is 0.232 e. The zero-order chi connectivity index (χ0) is 11.7. The first-order valence-corrected chi connectivity index (χ1v) is 5.48. The van der Waals surface area contributed by atoms with Crippen molar-refractivity contribution in [2.75, 3.05) is 0 Å². The third kappa shape index (κ3) is 2.14. The molecular formula is C11H5Cl3FN. The first-order chi connectivity index (χ1) is 7.59. The van der Waals surface area contributed by atoms with E-state index in [4.69, 9.17) is 34.8 Å². The summed E-state index contributed by atoms with van der Waals surface area (Å²) in [6.07, 6.45) is 1.33. The minimum absolute atomic E-state index is 0.0493. The van der Waals surface area contributed by atoms with Crippen LogP contribution in [0.15, 0.2) is 30.5 Å². The molecular weight excluding hydrogens is 271 g/mol. The molecule has 0 saturated carbocycles. The van der Waals surface area contributed by atoms with Gasteiger partial charge in [0, 0.05) is 27.4 Å². The van der Waals surface area contributed by atoms with Crippen molar-refractivity contribution in [3.8, 4) is 11.1 Å².